The SMILES string of the molecule is COCCNC1CCC(Nc2ncc(F)c(-c3ccnc(NCC4(C)CC4)c3)n2)CC1. The maximum atomic E-state index is 14.5. The molecule has 0 radical (unpaired) electrons. The highest BCUT2D eigenvalue weighted by Crippen LogP contribution is 2.44. The van der Waals surface area contributed by atoms with E-state index < -0.39 is 5.82 Å². The highest BCUT2D eigenvalue weighted by atomic mass is 19.1. The lowest BCUT2D eigenvalue weighted by Gasteiger charge is -2.29. The summed E-state index contributed by atoms with van der Waals surface area (Å²) in [6, 6.07) is 4.47. The van der Waals surface area contributed by atoms with E-state index in [0.717, 1.165) is 51.2 Å². The van der Waals surface area contributed by atoms with Gasteiger partial charge in [0, 0.05) is 44.0 Å². The number of rotatable bonds is 10. The minimum absolute atomic E-state index is 0.299. The molecule has 8 heteroatoms. The zero-order chi connectivity index (χ0) is 21.7. The largest absolute Gasteiger partial charge is 0.383 e. The van der Waals surface area contributed by atoms with Crippen molar-refractivity contribution in [3.8, 4) is 11.3 Å². The van der Waals surface area contributed by atoms with E-state index in [0.29, 0.717) is 34.7 Å². The molecule has 0 bridgehead atoms. The van der Waals surface area contributed by atoms with Gasteiger partial charge in [-0.1, -0.05) is 6.92 Å². The minimum atomic E-state index is -0.428. The molecule has 0 saturated heterocycles. The van der Waals surface area contributed by atoms with Crippen LogP contribution in [-0.2, 0) is 4.74 Å². The third-order valence-electron chi connectivity index (χ3n) is 6.38. The lowest BCUT2D eigenvalue weighted by atomic mass is 9.91. The van der Waals surface area contributed by atoms with Gasteiger partial charge in [-0.3, -0.25) is 0 Å². The van der Waals surface area contributed by atoms with E-state index in [1.165, 1.54) is 19.0 Å². The Labute approximate surface area is 183 Å². The summed E-state index contributed by atoms with van der Waals surface area (Å²) in [5, 5.41) is 10.3. The second-order valence-electron chi connectivity index (χ2n) is 9.12. The van der Waals surface area contributed by atoms with Crippen molar-refractivity contribution in [3.05, 3.63) is 30.3 Å². The fraction of sp³-hybridized carbons (Fsp3) is 0.609. The Hall–Kier alpha value is -2.32. The monoisotopic (exact) mass is 428 g/mol. The highest BCUT2D eigenvalue weighted by Gasteiger charge is 2.36. The van der Waals surface area contributed by atoms with Crippen LogP contribution in [0.15, 0.2) is 24.5 Å². The molecule has 0 aliphatic heterocycles. The van der Waals surface area contributed by atoms with Crippen molar-refractivity contribution in [3.63, 3.8) is 0 Å². The van der Waals surface area contributed by atoms with Gasteiger partial charge in [-0.05, 0) is 56.1 Å². The van der Waals surface area contributed by atoms with Gasteiger partial charge in [-0.2, -0.15) is 0 Å². The number of ether oxygens (including phenoxy) is 1. The van der Waals surface area contributed by atoms with Crippen LogP contribution in [-0.4, -0.2) is 53.8 Å². The summed E-state index contributed by atoms with van der Waals surface area (Å²) in [6.45, 7) is 4.75. The number of halogens is 1. The molecule has 2 aliphatic rings. The Bertz CT molecular complexity index is 867. The van der Waals surface area contributed by atoms with E-state index >= 15 is 0 Å². The maximum Gasteiger partial charge on any atom is 0.223 e. The number of nitrogens with zero attached hydrogens (tertiary/aromatic N) is 3. The van der Waals surface area contributed by atoms with E-state index in [2.05, 4.69) is 37.8 Å². The molecule has 0 amide bonds. The van der Waals surface area contributed by atoms with Crippen LogP contribution in [0.4, 0.5) is 16.2 Å². The zero-order valence-corrected chi connectivity index (χ0v) is 18.5. The summed E-state index contributed by atoms with van der Waals surface area (Å²) in [7, 11) is 1.72. The lowest BCUT2D eigenvalue weighted by Crippen LogP contribution is -2.38. The standard InChI is InChI=1S/C23H33FN6O/c1-23(8-9-23)15-28-20-13-16(7-10-26-20)21-19(24)14-27-22(30-21)29-18-5-3-17(4-6-18)25-11-12-31-2/h7,10,13-14,17-18,25H,3-6,8-9,11-12,15H2,1-2H3,(H,26,28)(H,27,29,30). The summed E-state index contributed by atoms with van der Waals surface area (Å²) in [4.78, 5) is 13.0. The van der Waals surface area contributed by atoms with Crippen molar-refractivity contribution in [2.24, 2.45) is 5.41 Å². The van der Waals surface area contributed by atoms with Gasteiger partial charge in [0.1, 0.15) is 11.5 Å². The number of anilines is 2. The molecule has 2 aromatic rings. The molecular formula is C23H33FN6O. The van der Waals surface area contributed by atoms with E-state index in [-0.39, 0.29) is 0 Å². The minimum Gasteiger partial charge on any atom is -0.383 e. The molecule has 2 saturated carbocycles. The number of nitrogens with one attached hydrogen (secondary N) is 3. The molecule has 3 N–H and O–H groups in total. The van der Waals surface area contributed by atoms with Crippen LogP contribution in [0.25, 0.3) is 11.3 Å². The molecule has 2 aromatic heterocycles. The van der Waals surface area contributed by atoms with Gasteiger partial charge in [0.15, 0.2) is 5.82 Å². The predicted octanol–water partition coefficient (Wildman–Crippen LogP) is 3.85. The first-order valence-electron chi connectivity index (χ1n) is 11.3. The normalized spacial score (nSPS) is 22.2. The van der Waals surface area contributed by atoms with Crippen LogP contribution in [0.2, 0.25) is 0 Å². The average Bonchev–Trinajstić information content (AvgIpc) is 3.53. The van der Waals surface area contributed by atoms with Gasteiger partial charge in [0.25, 0.3) is 0 Å². The van der Waals surface area contributed by atoms with E-state index in [4.69, 9.17) is 4.74 Å². The van der Waals surface area contributed by atoms with Crippen LogP contribution in [0.1, 0.15) is 45.4 Å². The van der Waals surface area contributed by atoms with Crippen molar-refractivity contribution >= 4 is 11.8 Å². The van der Waals surface area contributed by atoms with Crippen molar-refractivity contribution in [2.75, 3.05) is 37.4 Å². The van der Waals surface area contributed by atoms with Crippen LogP contribution < -0.4 is 16.0 Å². The number of aromatic nitrogens is 3. The third-order valence-corrected chi connectivity index (χ3v) is 6.38. The van der Waals surface area contributed by atoms with Crippen LogP contribution >= 0.6 is 0 Å². The molecule has 0 atom stereocenters. The third kappa shape index (κ3) is 6.11. The van der Waals surface area contributed by atoms with Crippen molar-refractivity contribution in [1.29, 1.82) is 0 Å². The molecule has 2 fully saturated rings. The molecule has 0 spiro atoms. The predicted molar refractivity (Wildman–Crippen MR) is 121 cm³/mol. The smallest absolute Gasteiger partial charge is 0.223 e. The summed E-state index contributed by atoms with van der Waals surface area (Å²) in [5.41, 5.74) is 1.37. The summed E-state index contributed by atoms with van der Waals surface area (Å²) in [6.07, 6.45) is 9.66. The number of hydrogen-bond donors (Lipinski definition) is 3. The Morgan fingerprint density at radius 2 is 1.94 bits per heavy atom. The first-order valence-corrected chi connectivity index (χ1v) is 11.3. The van der Waals surface area contributed by atoms with E-state index in [9.17, 15) is 4.39 Å². The Morgan fingerprint density at radius 1 is 1.16 bits per heavy atom. The summed E-state index contributed by atoms with van der Waals surface area (Å²) in [5.74, 6) is 0.796. The fourth-order valence-corrected chi connectivity index (χ4v) is 4.00. The molecule has 4 rings (SSSR count). The first-order chi connectivity index (χ1) is 15.0. The van der Waals surface area contributed by atoms with Crippen LogP contribution in [0.3, 0.4) is 0 Å². The Kier molecular flexibility index (Phi) is 6.97. The van der Waals surface area contributed by atoms with Crippen molar-refractivity contribution in [2.45, 2.75) is 57.5 Å². The molecule has 2 heterocycles. The van der Waals surface area contributed by atoms with Crippen molar-refractivity contribution in [1.82, 2.24) is 20.3 Å². The van der Waals surface area contributed by atoms with Crippen LogP contribution in [0, 0.1) is 11.2 Å². The fourth-order valence-electron chi connectivity index (χ4n) is 4.00. The Balaban J connectivity index is 1.36. The van der Waals surface area contributed by atoms with Gasteiger partial charge in [0.05, 0.1) is 12.8 Å². The molecule has 0 unspecified atom stereocenters. The second-order valence-corrected chi connectivity index (χ2v) is 9.12. The molecule has 168 valence electrons. The maximum absolute atomic E-state index is 14.5. The summed E-state index contributed by atoms with van der Waals surface area (Å²) >= 11 is 0. The van der Waals surface area contributed by atoms with E-state index in [1.54, 1.807) is 19.4 Å². The van der Waals surface area contributed by atoms with Crippen molar-refractivity contribution < 1.29 is 9.13 Å². The number of pyridine rings is 1. The molecule has 7 nitrogen and oxygen atoms in total. The van der Waals surface area contributed by atoms with Gasteiger partial charge in [-0.15, -0.1) is 0 Å². The zero-order valence-electron chi connectivity index (χ0n) is 18.5. The van der Waals surface area contributed by atoms with E-state index in [1.807, 2.05) is 6.07 Å². The molecule has 2 aliphatic carbocycles. The molecular weight excluding hydrogens is 395 g/mol. The molecule has 31 heavy (non-hydrogen) atoms. The van der Waals surface area contributed by atoms with Crippen LogP contribution in [0.5, 0.6) is 0 Å². The van der Waals surface area contributed by atoms with Gasteiger partial charge in [0.2, 0.25) is 5.95 Å². The number of hydrogen-bond acceptors (Lipinski definition) is 7. The number of methoxy groups -OCH3 is 1. The quantitative estimate of drug-likeness (QED) is 0.496. The first kappa shape index (κ1) is 21.9. The second kappa shape index (κ2) is 9.87. The van der Waals surface area contributed by atoms with Gasteiger partial charge >= 0.3 is 0 Å². The Morgan fingerprint density at radius 3 is 2.68 bits per heavy atom. The molecule has 0 aromatic carbocycles. The topological polar surface area (TPSA) is 84.0 Å². The lowest BCUT2D eigenvalue weighted by molar-refractivity contribution is 0.191. The van der Waals surface area contributed by atoms with Gasteiger partial charge in [-0.25, -0.2) is 19.3 Å². The average molecular weight is 429 g/mol. The summed E-state index contributed by atoms with van der Waals surface area (Å²) < 4.78 is 19.6. The highest BCUT2D eigenvalue weighted by molar-refractivity contribution is 5.64. The van der Waals surface area contributed by atoms with Gasteiger partial charge < -0.3 is 20.7 Å².